The van der Waals surface area contributed by atoms with Crippen LogP contribution in [0.25, 0.3) is 11.0 Å². The molecule has 0 atom stereocenters. The van der Waals surface area contributed by atoms with Crippen LogP contribution in [0, 0.1) is 10.1 Å². The van der Waals surface area contributed by atoms with Crippen molar-refractivity contribution in [3.05, 3.63) is 74.6 Å². The Kier molecular flexibility index (Phi) is 4.17. The number of amides is 1. The normalized spacial score (nSPS) is 10.4. The van der Waals surface area contributed by atoms with Crippen molar-refractivity contribution in [2.75, 3.05) is 12.4 Å². The van der Waals surface area contributed by atoms with Gasteiger partial charge in [0.2, 0.25) is 0 Å². The number of carbonyl (C=O) groups is 1. The number of benzene rings is 2. The Bertz CT molecular complexity index is 1040. The fourth-order valence-electron chi connectivity index (χ4n) is 2.31. The third kappa shape index (κ3) is 3.18. The Morgan fingerprint density at radius 1 is 1.20 bits per heavy atom. The molecule has 8 heteroatoms. The lowest BCUT2D eigenvalue weighted by atomic mass is 10.1. The first kappa shape index (κ1) is 16.2. The number of carbonyl (C=O) groups excluding carboxylic acids is 1. The number of nitro groups is 1. The summed E-state index contributed by atoms with van der Waals surface area (Å²) in [4.78, 5) is 34.9. The van der Waals surface area contributed by atoms with Crippen LogP contribution in [0.4, 0.5) is 11.4 Å². The van der Waals surface area contributed by atoms with Crippen LogP contribution in [0.15, 0.2) is 57.7 Å². The maximum Gasteiger partial charge on any atom is 0.349 e. The van der Waals surface area contributed by atoms with Crippen molar-refractivity contribution in [2.24, 2.45) is 0 Å². The Morgan fingerprint density at radius 3 is 2.68 bits per heavy atom. The largest absolute Gasteiger partial charge is 0.496 e. The predicted molar refractivity (Wildman–Crippen MR) is 90.1 cm³/mol. The zero-order chi connectivity index (χ0) is 18.0. The molecule has 0 aliphatic rings. The predicted octanol–water partition coefficient (Wildman–Crippen LogP) is 2.96. The Morgan fingerprint density at radius 2 is 1.96 bits per heavy atom. The van der Waals surface area contributed by atoms with Crippen molar-refractivity contribution in [3.8, 4) is 5.75 Å². The molecule has 3 aromatic rings. The molecule has 0 fully saturated rings. The third-order valence-electron chi connectivity index (χ3n) is 3.54. The van der Waals surface area contributed by atoms with Gasteiger partial charge in [-0.2, -0.15) is 0 Å². The zero-order valence-corrected chi connectivity index (χ0v) is 13.0. The highest BCUT2D eigenvalue weighted by Gasteiger charge is 2.20. The number of methoxy groups -OCH3 is 1. The summed E-state index contributed by atoms with van der Waals surface area (Å²) in [6.07, 6.45) is 0. The van der Waals surface area contributed by atoms with Crippen LogP contribution < -0.4 is 15.7 Å². The molecular formula is C17H12N2O6. The monoisotopic (exact) mass is 340 g/mol. The summed E-state index contributed by atoms with van der Waals surface area (Å²) in [5.74, 6) is -0.525. The number of rotatable bonds is 4. The lowest BCUT2D eigenvalue weighted by molar-refractivity contribution is -0.384. The first-order chi connectivity index (χ1) is 12.0. The van der Waals surface area contributed by atoms with E-state index in [4.69, 9.17) is 9.15 Å². The molecule has 0 bridgehead atoms. The highest BCUT2D eigenvalue weighted by Crippen LogP contribution is 2.29. The van der Waals surface area contributed by atoms with E-state index in [1.807, 2.05) is 0 Å². The molecule has 1 amide bonds. The van der Waals surface area contributed by atoms with E-state index in [0.717, 1.165) is 0 Å². The molecule has 0 spiro atoms. The molecule has 0 aliphatic carbocycles. The van der Waals surface area contributed by atoms with Crippen LogP contribution in [-0.2, 0) is 0 Å². The summed E-state index contributed by atoms with van der Waals surface area (Å²) in [5, 5.41) is 14.1. The topological polar surface area (TPSA) is 112 Å². The third-order valence-corrected chi connectivity index (χ3v) is 3.54. The van der Waals surface area contributed by atoms with Crippen molar-refractivity contribution in [3.63, 3.8) is 0 Å². The molecule has 0 saturated heterocycles. The fraction of sp³-hybridized carbons (Fsp3) is 0.0588. The number of nitrogens with one attached hydrogen (secondary N) is 1. The summed E-state index contributed by atoms with van der Waals surface area (Å²) in [6.45, 7) is 0. The van der Waals surface area contributed by atoms with E-state index in [-0.39, 0.29) is 22.7 Å². The summed E-state index contributed by atoms with van der Waals surface area (Å²) in [7, 11) is 1.37. The molecule has 25 heavy (non-hydrogen) atoms. The molecule has 0 radical (unpaired) electrons. The van der Waals surface area contributed by atoms with Gasteiger partial charge in [-0.15, -0.1) is 0 Å². The van der Waals surface area contributed by atoms with Gasteiger partial charge in [0, 0.05) is 5.39 Å². The van der Waals surface area contributed by atoms with Crippen molar-refractivity contribution in [1.82, 2.24) is 0 Å². The van der Waals surface area contributed by atoms with Crippen molar-refractivity contribution in [1.29, 1.82) is 0 Å². The van der Waals surface area contributed by atoms with Crippen molar-refractivity contribution in [2.45, 2.75) is 0 Å². The van der Waals surface area contributed by atoms with E-state index < -0.39 is 16.5 Å². The van der Waals surface area contributed by atoms with Gasteiger partial charge in [0.15, 0.2) is 0 Å². The number of para-hydroxylation sites is 1. The van der Waals surface area contributed by atoms with Crippen LogP contribution in [-0.4, -0.2) is 17.9 Å². The van der Waals surface area contributed by atoms with Gasteiger partial charge in [-0.05, 0) is 24.3 Å². The Hall–Kier alpha value is -3.68. The molecule has 2 aromatic carbocycles. The standard InChI is InChI=1S/C17H12N2O6/c1-24-11-6-7-13(14(9-11)19(22)23)18-16(20)12-8-10-4-2-3-5-15(10)25-17(12)21/h2-9H,1H3,(H,18,20). The molecule has 126 valence electrons. The summed E-state index contributed by atoms with van der Waals surface area (Å²) in [6, 6.07) is 12.1. The summed E-state index contributed by atoms with van der Waals surface area (Å²) < 4.78 is 10.0. The number of nitro benzene ring substituents is 1. The van der Waals surface area contributed by atoms with E-state index in [0.29, 0.717) is 11.0 Å². The van der Waals surface area contributed by atoms with Gasteiger partial charge < -0.3 is 14.5 Å². The zero-order valence-electron chi connectivity index (χ0n) is 13.0. The molecule has 3 rings (SSSR count). The van der Waals surface area contributed by atoms with Gasteiger partial charge in [-0.25, -0.2) is 4.79 Å². The molecule has 0 aliphatic heterocycles. The average molecular weight is 340 g/mol. The molecule has 1 aromatic heterocycles. The molecular weight excluding hydrogens is 328 g/mol. The number of hydrogen-bond donors (Lipinski definition) is 1. The van der Waals surface area contributed by atoms with Gasteiger partial charge in [0.1, 0.15) is 22.6 Å². The van der Waals surface area contributed by atoms with Gasteiger partial charge >= 0.3 is 5.63 Å². The lowest BCUT2D eigenvalue weighted by Gasteiger charge is -2.07. The molecule has 0 saturated carbocycles. The maximum absolute atomic E-state index is 12.4. The van der Waals surface area contributed by atoms with Crippen molar-refractivity contribution < 1.29 is 18.9 Å². The smallest absolute Gasteiger partial charge is 0.349 e. The van der Waals surface area contributed by atoms with Crippen LogP contribution in [0.3, 0.4) is 0 Å². The quantitative estimate of drug-likeness (QED) is 0.444. The van der Waals surface area contributed by atoms with E-state index in [1.165, 1.54) is 31.4 Å². The first-order valence-electron chi connectivity index (χ1n) is 7.16. The summed E-state index contributed by atoms with van der Waals surface area (Å²) >= 11 is 0. The lowest BCUT2D eigenvalue weighted by Crippen LogP contribution is -2.21. The number of nitrogens with zero attached hydrogens (tertiary/aromatic N) is 1. The Labute approximate surface area is 140 Å². The highest BCUT2D eigenvalue weighted by atomic mass is 16.6. The maximum atomic E-state index is 12.4. The van der Waals surface area contributed by atoms with Gasteiger partial charge in [0.05, 0.1) is 18.1 Å². The van der Waals surface area contributed by atoms with E-state index >= 15 is 0 Å². The van der Waals surface area contributed by atoms with E-state index in [1.54, 1.807) is 24.3 Å². The molecule has 1 heterocycles. The van der Waals surface area contributed by atoms with E-state index in [9.17, 15) is 19.7 Å². The second-order valence-electron chi connectivity index (χ2n) is 5.08. The van der Waals surface area contributed by atoms with Crippen molar-refractivity contribution >= 4 is 28.3 Å². The molecule has 8 nitrogen and oxygen atoms in total. The van der Waals surface area contributed by atoms with Crippen LogP contribution >= 0.6 is 0 Å². The van der Waals surface area contributed by atoms with Gasteiger partial charge in [-0.1, -0.05) is 18.2 Å². The number of hydrogen-bond acceptors (Lipinski definition) is 6. The number of anilines is 1. The minimum Gasteiger partial charge on any atom is -0.496 e. The summed E-state index contributed by atoms with van der Waals surface area (Å²) in [5.41, 5.74) is -1.13. The number of fused-ring (bicyclic) bond motifs is 1. The first-order valence-corrected chi connectivity index (χ1v) is 7.16. The minimum absolute atomic E-state index is 0.0524. The molecule has 0 unspecified atom stereocenters. The van der Waals surface area contributed by atoms with Gasteiger partial charge in [-0.3, -0.25) is 14.9 Å². The average Bonchev–Trinajstić information content (AvgIpc) is 2.61. The minimum atomic E-state index is -0.827. The van der Waals surface area contributed by atoms with Crippen LogP contribution in [0.1, 0.15) is 10.4 Å². The van der Waals surface area contributed by atoms with Crippen LogP contribution in [0.5, 0.6) is 5.75 Å². The SMILES string of the molecule is COc1ccc(NC(=O)c2cc3ccccc3oc2=O)c([N+](=O)[O-])c1. The highest BCUT2D eigenvalue weighted by molar-refractivity contribution is 6.06. The Balaban J connectivity index is 1.99. The van der Waals surface area contributed by atoms with Crippen LogP contribution in [0.2, 0.25) is 0 Å². The van der Waals surface area contributed by atoms with Gasteiger partial charge in [0.25, 0.3) is 11.6 Å². The van der Waals surface area contributed by atoms with E-state index in [2.05, 4.69) is 5.32 Å². The fourth-order valence-corrected chi connectivity index (χ4v) is 2.31. The molecule has 1 N–H and O–H groups in total. The number of ether oxygens (including phenoxy) is 1. The second kappa shape index (κ2) is 6.44. The second-order valence-corrected chi connectivity index (χ2v) is 5.08.